The first-order valence-corrected chi connectivity index (χ1v) is 11.7. The zero-order valence-electron chi connectivity index (χ0n) is 18.9. The van der Waals surface area contributed by atoms with Crippen LogP contribution >= 0.6 is 11.6 Å². The van der Waals surface area contributed by atoms with E-state index in [2.05, 4.69) is 27.7 Å². The summed E-state index contributed by atoms with van der Waals surface area (Å²) in [6, 6.07) is 20.7. The van der Waals surface area contributed by atoms with Gasteiger partial charge in [-0.25, -0.2) is 0 Å². The van der Waals surface area contributed by atoms with E-state index < -0.39 is 10.8 Å². The molecule has 35 heavy (non-hydrogen) atoms. The highest BCUT2D eigenvalue weighted by atomic mass is 35.5. The Kier molecular flexibility index (Phi) is 7.74. The first-order chi connectivity index (χ1) is 16.9. The lowest BCUT2D eigenvalue weighted by Crippen LogP contribution is -2.44. The van der Waals surface area contributed by atoms with Crippen molar-refractivity contribution in [3.05, 3.63) is 105 Å². The molecule has 3 aromatic carbocycles. The quantitative estimate of drug-likeness (QED) is 0.360. The summed E-state index contributed by atoms with van der Waals surface area (Å²) in [6.45, 7) is 2.66. The summed E-state index contributed by atoms with van der Waals surface area (Å²) in [4.78, 5) is 38.5. The number of benzene rings is 3. The predicted molar refractivity (Wildman–Crippen MR) is 135 cm³/mol. The third kappa shape index (κ3) is 6.23. The number of likely N-dealkylation sites (tertiary alicyclic amines) is 1. The molecular weight excluding hydrogens is 468 g/mol. The van der Waals surface area contributed by atoms with E-state index in [-0.39, 0.29) is 28.2 Å². The van der Waals surface area contributed by atoms with E-state index in [4.69, 9.17) is 11.6 Å². The number of nitro groups is 1. The molecule has 9 heteroatoms. The Morgan fingerprint density at radius 3 is 2.31 bits per heavy atom. The monoisotopic (exact) mass is 492 g/mol. The highest BCUT2D eigenvalue weighted by molar-refractivity contribution is 6.34. The van der Waals surface area contributed by atoms with Crippen LogP contribution in [0.2, 0.25) is 5.02 Å². The second-order valence-corrected chi connectivity index (χ2v) is 8.84. The third-order valence-electron chi connectivity index (χ3n) is 6.00. The van der Waals surface area contributed by atoms with Gasteiger partial charge in [0.1, 0.15) is 0 Å². The fraction of sp³-hybridized carbons (Fsp3) is 0.231. The molecule has 0 radical (unpaired) electrons. The molecule has 0 atom stereocenters. The Labute approximate surface area is 208 Å². The number of piperidine rings is 1. The maximum atomic E-state index is 13.0. The number of hydrogen-bond acceptors (Lipinski definition) is 5. The van der Waals surface area contributed by atoms with Crippen molar-refractivity contribution in [2.24, 2.45) is 0 Å². The summed E-state index contributed by atoms with van der Waals surface area (Å²) < 4.78 is 0. The molecule has 0 unspecified atom stereocenters. The van der Waals surface area contributed by atoms with E-state index in [0.717, 1.165) is 38.5 Å². The SMILES string of the molecule is O=C(Nc1ccccc1C(=O)NC1CCN(Cc2ccccc2)CC1)c1ccc([N+](=O)[O-])cc1Cl. The van der Waals surface area contributed by atoms with Crippen LogP contribution in [0.15, 0.2) is 72.8 Å². The fourth-order valence-electron chi connectivity index (χ4n) is 4.12. The summed E-state index contributed by atoms with van der Waals surface area (Å²) in [7, 11) is 0. The number of nitrogens with one attached hydrogen (secondary N) is 2. The highest BCUT2D eigenvalue weighted by Gasteiger charge is 2.23. The summed E-state index contributed by atoms with van der Waals surface area (Å²) >= 11 is 6.08. The van der Waals surface area contributed by atoms with Crippen molar-refractivity contribution >= 4 is 34.8 Å². The summed E-state index contributed by atoms with van der Waals surface area (Å²) in [5.41, 5.74) is 1.82. The van der Waals surface area contributed by atoms with Crippen LogP contribution in [0.3, 0.4) is 0 Å². The molecule has 4 rings (SSSR count). The van der Waals surface area contributed by atoms with Crippen molar-refractivity contribution in [1.82, 2.24) is 10.2 Å². The topological polar surface area (TPSA) is 105 Å². The Morgan fingerprint density at radius 1 is 0.943 bits per heavy atom. The van der Waals surface area contributed by atoms with Crippen LogP contribution in [0, 0.1) is 10.1 Å². The summed E-state index contributed by atoms with van der Waals surface area (Å²) in [5, 5.41) is 16.7. The van der Waals surface area contributed by atoms with Crippen molar-refractivity contribution in [2.45, 2.75) is 25.4 Å². The second-order valence-electron chi connectivity index (χ2n) is 8.43. The zero-order valence-corrected chi connectivity index (χ0v) is 19.7. The molecule has 1 fully saturated rings. The number of anilines is 1. The van der Waals surface area contributed by atoms with Gasteiger partial charge in [-0.2, -0.15) is 0 Å². The van der Waals surface area contributed by atoms with Gasteiger partial charge in [-0.3, -0.25) is 24.6 Å². The summed E-state index contributed by atoms with van der Waals surface area (Å²) in [5.74, 6) is -0.823. The van der Waals surface area contributed by atoms with Crippen LogP contribution in [0.25, 0.3) is 0 Å². The number of nitro benzene ring substituents is 1. The van der Waals surface area contributed by atoms with E-state index in [1.165, 1.54) is 17.7 Å². The van der Waals surface area contributed by atoms with Gasteiger partial charge < -0.3 is 10.6 Å². The Hall–Kier alpha value is -3.75. The molecule has 0 saturated carbocycles. The number of carbonyl (C=O) groups is 2. The van der Waals surface area contributed by atoms with Gasteiger partial charge in [-0.15, -0.1) is 0 Å². The Morgan fingerprint density at radius 2 is 1.63 bits per heavy atom. The number of carbonyl (C=O) groups excluding carboxylic acids is 2. The predicted octanol–water partition coefficient (Wildman–Crippen LogP) is 4.89. The van der Waals surface area contributed by atoms with Crippen LogP contribution < -0.4 is 10.6 Å². The first kappa shape index (κ1) is 24.4. The van der Waals surface area contributed by atoms with E-state index >= 15 is 0 Å². The molecule has 0 spiro atoms. The zero-order chi connectivity index (χ0) is 24.8. The molecule has 3 aromatic rings. The lowest BCUT2D eigenvalue weighted by molar-refractivity contribution is -0.384. The Balaban J connectivity index is 1.37. The van der Waals surface area contributed by atoms with E-state index in [0.29, 0.717) is 11.3 Å². The van der Waals surface area contributed by atoms with E-state index in [1.807, 2.05) is 18.2 Å². The van der Waals surface area contributed by atoms with Crippen molar-refractivity contribution < 1.29 is 14.5 Å². The number of amides is 2. The smallest absolute Gasteiger partial charge is 0.270 e. The van der Waals surface area contributed by atoms with Gasteiger partial charge in [0, 0.05) is 37.8 Å². The average Bonchev–Trinajstić information content (AvgIpc) is 2.86. The standard InChI is InChI=1S/C26H25ClN4O4/c27-23-16-20(31(34)35)10-11-21(23)25(32)29-24-9-5-4-8-22(24)26(33)28-19-12-14-30(15-13-19)17-18-6-2-1-3-7-18/h1-11,16,19H,12-15,17H2,(H,28,33)(H,29,32). The van der Waals surface area contributed by atoms with Gasteiger partial charge in [-0.05, 0) is 36.6 Å². The lowest BCUT2D eigenvalue weighted by atomic mass is 10.0. The van der Waals surface area contributed by atoms with Crippen molar-refractivity contribution in [1.29, 1.82) is 0 Å². The minimum atomic E-state index is -0.584. The average molecular weight is 493 g/mol. The fourth-order valence-corrected chi connectivity index (χ4v) is 4.38. The number of para-hydroxylation sites is 1. The number of non-ortho nitro benzene ring substituents is 1. The van der Waals surface area contributed by atoms with Crippen molar-refractivity contribution in [2.75, 3.05) is 18.4 Å². The molecule has 180 valence electrons. The molecule has 1 saturated heterocycles. The first-order valence-electron chi connectivity index (χ1n) is 11.3. The van der Waals surface area contributed by atoms with Gasteiger partial charge in [0.2, 0.25) is 0 Å². The van der Waals surface area contributed by atoms with Crippen molar-refractivity contribution in [3.63, 3.8) is 0 Å². The van der Waals surface area contributed by atoms with Crippen LogP contribution in [-0.4, -0.2) is 40.8 Å². The van der Waals surface area contributed by atoms with Gasteiger partial charge in [0.05, 0.1) is 26.8 Å². The molecule has 2 N–H and O–H groups in total. The molecule has 8 nitrogen and oxygen atoms in total. The largest absolute Gasteiger partial charge is 0.349 e. The minimum Gasteiger partial charge on any atom is -0.349 e. The molecule has 0 bridgehead atoms. The number of rotatable bonds is 7. The molecule has 0 aromatic heterocycles. The van der Waals surface area contributed by atoms with Gasteiger partial charge in [0.25, 0.3) is 17.5 Å². The Bertz CT molecular complexity index is 1230. The maximum absolute atomic E-state index is 13.0. The van der Waals surface area contributed by atoms with E-state index in [9.17, 15) is 19.7 Å². The molecule has 1 aliphatic rings. The molecular formula is C26H25ClN4O4. The van der Waals surface area contributed by atoms with Crippen molar-refractivity contribution in [3.8, 4) is 0 Å². The minimum absolute atomic E-state index is 0.0408. The number of hydrogen-bond donors (Lipinski definition) is 2. The molecule has 2 amide bonds. The van der Waals surface area contributed by atoms with E-state index in [1.54, 1.807) is 24.3 Å². The highest BCUT2D eigenvalue weighted by Crippen LogP contribution is 2.24. The molecule has 1 aliphatic heterocycles. The lowest BCUT2D eigenvalue weighted by Gasteiger charge is -2.32. The normalized spacial score (nSPS) is 14.3. The van der Waals surface area contributed by atoms with Crippen LogP contribution in [0.1, 0.15) is 39.1 Å². The van der Waals surface area contributed by atoms with Crippen LogP contribution in [0.4, 0.5) is 11.4 Å². The number of halogens is 1. The van der Waals surface area contributed by atoms with Crippen LogP contribution in [-0.2, 0) is 6.54 Å². The second kappa shape index (κ2) is 11.1. The van der Waals surface area contributed by atoms with Gasteiger partial charge in [-0.1, -0.05) is 54.1 Å². The summed E-state index contributed by atoms with van der Waals surface area (Å²) in [6.07, 6.45) is 1.68. The molecule has 0 aliphatic carbocycles. The van der Waals surface area contributed by atoms with Gasteiger partial charge in [0.15, 0.2) is 0 Å². The maximum Gasteiger partial charge on any atom is 0.270 e. The molecule has 1 heterocycles. The van der Waals surface area contributed by atoms with Gasteiger partial charge >= 0.3 is 0 Å². The number of nitrogens with zero attached hydrogens (tertiary/aromatic N) is 2. The third-order valence-corrected chi connectivity index (χ3v) is 6.31. The van der Waals surface area contributed by atoms with Crippen LogP contribution in [0.5, 0.6) is 0 Å².